The Balaban J connectivity index is 1.92. The van der Waals surface area contributed by atoms with Gasteiger partial charge in [0.2, 0.25) is 0 Å². The second-order valence-corrected chi connectivity index (χ2v) is 6.39. The topological polar surface area (TPSA) is 89.9 Å². The molecule has 1 atom stereocenters. The van der Waals surface area contributed by atoms with Crippen molar-refractivity contribution >= 4 is 28.8 Å². The number of ether oxygens (including phenoxy) is 1. The molecule has 3 N–H and O–H groups in total. The van der Waals surface area contributed by atoms with Crippen molar-refractivity contribution in [3.63, 3.8) is 0 Å². The Morgan fingerprint density at radius 3 is 3.00 bits per heavy atom. The van der Waals surface area contributed by atoms with E-state index in [0.29, 0.717) is 30.4 Å². The van der Waals surface area contributed by atoms with Crippen molar-refractivity contribution < 1.29 is 4.74 Å². The van der Waals surface area contributed by atoms with Crippen molar-refractivity contribution in [1.29, 1.82) is 5.41 Å². The van der Waals surface area contributed by atoms with Gasteiger partial charge in [-0.3, -0.25) is 0 Å². The average Bonchev–Trinajstić information content (AvgIpc) is 3.16. The van der Waals surface area contributed by atoms with Crippen LogP contribution in [0.2, 0.25) is 0 Å². The molecule has 1 aromatic carbocycles. The largest absolute Gasteiger partial charge is 0.377 e. The van der Waals surface area contributed by atoms with Crippen molar-refractivity contribution in [3.05, 3.63) is 36.0 Å². The lowest BCUT2D eigenvalue weighted by atomic mass is 10.1. The first-order valence-electron chi connectivity index (χ1n) is 8.74. The van der Waals surface area contributed by atoms with Gasteiger partial charge in [-0.2, -0.15) is 0 Å². The predicted octanol–water partition coefficient (Wildman–Crippen LogP) is 2.89. The third kappa shape index (κ3) is 2.70. The molecule has 1 unspecified atom stereocenters. The summed E-state index contributed by atoms with van der Waals surface area (Å²) in [6.07, 6.45) is 3.24. The number of hydrogen-bond acceptors (Lipinski definition) is 6. The molecule has 0 saturated carbocycles. The maximum absolute atomic E-state index is 7.89. The molecule has 3 heterocycles. The zero-order valence-electron chi connectivity index (χ0n) is 14.9. The van der Waals surface area contributed by atoms with Crippen molar-refractivity contribution in [1.82, 2.24) is 15.0 Å². The Labute approximate surface area is 151 Å². The minimum absolute atomic E-state index is 0.193. The number of morpholine rings is 1. The number of benzene rings is 1. The highest BCUT2D eigenvalue weighted by atomic mass is 16.5. The summed E-state index contributed by atoms with van der Waals surface area (Å²) in [5.74, 6) is 2.09. The molecule has 2 aromatic heterocycles. The quantitative estimate of drug-likeness (QED) is 0.630. The summed E-state index contributed by atoms with van der Waals surface area (Å²) in [6.45, 7) is 4.17. The zero-order chi connectivity index (χ0) is 18.1. The van der Waals surface area contributed by atoms with Crippen LogP contribution in [0.25, 0.3) is 22.3 Å². The molecule has 7 heteroatoms. The lowest BCUT2D eigenvalue weighted by Gasteiger charge is -2.35. The summed E-state index contributed by atoms with van der Waals surface area (Å²) in [6, 6.07) is 8.29. The molecule has 0 aliphatic carbocycles. The number of nitrogens with one attached hydrogen (secondary N) is 3. The summed E-state index contributed by atoms with van der Waals surface area (Å²) in [4.78, 5) is 15.0. The Bertz CT molecular complexity index is 950. The second-order valence-electron chi connectivity index (χ2n) is 6.39. The van der Waals surface area contributed by atoms with E-state index >= 15 is 0 Å². The third-order valence-electron chi connectivity index (χ3n) is 4.78. The number of anilines is 2. The zero-order valence-corrected chi connectivity index (χ0v) is 14.9. The van der Waals surface area contributed by atoms with E-state index in [1.165, 1.54) is 6.21 Å². The number of H-pyrrole nitrogens is 1. The van der Waals surface area contributed by atoms with Gasteiger partial charge in [0.25, 0.3) is 0 Å². The van der Waals surface area contributed by atoms with Crippen LogP contribution in [-0.2, 0) is 4.74 Å². The van der Waals surface area contributed by atoms with Gasteiger partial charge in [-0.15, -0.1) is 0 Å². The molecular formula is C19H22N6O. The van der Waals surface area contributed by atoms with Gasteiger partial charge in [0.05, 0.1) is 24.8 Å². The second kappa shape index (κ2) is 6.76. The van der Waals surface area contributed by atoms with E-state index in [4.69, 9.17) is 20.1 Å². The predicted molar refractivity (Wildman–Crippen MR) is 104 cm³/mol. The average molecular weight is 350 g/mol. The molecule has 1 fully saturated rings. The van der Waals surface area contributed by atoms with E-state index in [1.807, 2.05) is 37.5 Å². The summed E-state index contributed by atoms with van der Waals surface area (Å²) >= 11 is 0. The van der Waals surface area contributed by atoms with Gasteiger partial charge in [0, 0.05) is 42.5 Å². The maximum Gasteiger partial charge on any atom is 0.164 e. The number of hydrogen-bond donors (Lipinski definition) is 3. The fourth-order valence-electron chi connectivity index (χ4n) is 3.44. The van der Waals surface area contributed by atoms with Crippen LogP contribution in [0.15, 0.2) is 30.5 Å². The number of aromatic amines is 1. The standard InChI is InChI=1S/C19H22N6O/c1-12-11-26-9-8-25(12)19-15(10-20)17(21-2)23-18(24-19)14-4-3-5-16-13(14)6-7-22-16/h3-7,10,12,20,22H,8-9,11H2,1-2H3,(H,21,23,24). The lowest BCUT2D eigenvalue weighted by Crippen LogP contribution is -2.44. The van der Waals surface area contributed by atoms with Crippen LogP contribution in [0.4, 0.5) is 11.6 Å². The van der Waals surface area contributed by atoms with E-state index in [2.05, 4.69) is 22.1 Å². The number of aromatic nitrogens is 3. The minimum atomic E-state index is 0.193. The summed E-state index contributed by atoms with van der Waals surface area (Å²) in [5, 5.41) is 12.1. The number of nitrogens with zero attached hydrogens (tertiary/aromatic N) is 3. The van der Waals surface area contributed by atoms with Gasteiger partial charge in [0.1, 0.15) is 11.6 Å². The van der Waals surface area contributed by atoms with Crippen molar-refractivity contribution in [2.45, 2.75) is 13.0 Å². The van der Waals surface area contributed by atoms with E-state index in [9.17, 15) is 0 Å². The molecule has 0 radical (unpaired) electrons. The summed E-state index contributed by atoms with van der Waals surface area (Å²) in [7, 11) is 1.82. The molecule has 7 nitrogen and oxygen atoms in total. The normalized spacial score (nSPS) is 17.5. The molecule has 0 bridgehead atoms. The highest BCUT2D eigenvalue weighted by molar-refractivity contribution is 5.96. The highest BCUT2D eigenvalue weighted by Crippen LogP contribution is 2.32. The van der Waals surface area contributed by atoms with Gasteiger partial charge in [-0.05, 0) is 19.1 Å². The van der Waals surface area contributed by atoms with Crippen LogP contribution in [0.1, 0.15) is 12.5 Å². The minimum Gasteiger partial charge on any atom is -0.377 e. The first-order chi connectivity index (χ1) is 12.7. The molecular weight excluding hydrogens is 328 g/mol. The molecule has 1 saturated heterocycles. The molecule has 134 valence electrons. The van der Waals surface area contributed by atoms with Crippen molar-refractivity contribution in [2.24, 2.45) is 0 Å². The van der Waals surface area contributed by atoms with E-state index in [0.717, 1.165) is 28.8 Å². The Hall–Kier alpha value is -2.93. The highest BCUT2D eigenvalue weighted by Gasteiger charge is 2.25. The fourth-order valence-corrected chi connectivity index (χ4v) is 3.44. The Morgan fingerprint density at radius 1 is 1.35 bits per heavy atom. The van der Waals surface area contributed by atoms with Crippen LogP contribution in [0, 0.1) is 5.41 Å². The van der Waals surface area contributed by atoms with Gasteiger partial charge >= 0.3 is 0 Å². The van der Waals surface area contributed by atoms with Crippen LogP contribution >= 0.6 is 0 Å². The molecule has 1 aliphatic rings. The number of rotatable bonds is 4. The van der Waals surface area contributed by atoms with Gasteiger partial charge in [0.15, 0.2) is 5.82 Å². The van der Waals surface area contributed by atoms with Crippen LogP contribution < -0.4 is 10.2 Å². The van der Waals surface area contributed by atoms with Crippen LogP contribution in [0.3, 0.4) is 0 Å². The first kappa shape index (κ1) is 16.5. The van der Waals surface area contributed by atoms with Gasteiger partial charge in [-0.1, -0.05) is 12.1 Å². The van der Waals surface area contributed by atoms with Gasteiger partial charge < -0.3 is 25.3 Å². The maximum atomic E-state index is 7.89. The molecule has 26 heavy (non-hydrogen) atoms. The Morgan fingerprint density at radius 2 is 2.23 bits per heavy atom. The van der Waals surface area contributed by atoms with Crippen LogP contribution in [0.5, 0.6) is 0 Å². The van der Waals surface area contributed by atoms with E-state index in [-0.39, 0.29) is 6.04 Å². The molecule has 4 rings (SSSR count). The van der Waals surface area contributed by atoms with E-state index < -0.39 is 0 Å². The fraction of sp³-hybridized carbons (Fsp3) is 0.316. The SMILES string of the molecule is CNc1nc(-c2cccc3[nH]ccc23)nc(N2CCOCC2C)c1C=N. The van der Waals surface area contributed by atoms with E-state index in [1.54, 1.807) is 0 Å². The smallest absolute Gasteiger partial charge is 0.164 e. The third-order valence-corrected chi connectivity index (χ3v) is 4.78. The molecule has 0 amide bonds. The number of fused-ring (bicyclic) bond motifs is 1. The lowest BCUT2D eigenvalue weighted by molar-refractivity contribution is 0.0985. The molecule has 1 aliphatic heterocycles. The van der Waals surface area contributed by atoms with Crippen molar-refractivity contribution in [3.8, 4) is 11.4 Å². The van der Waals surface area contributed by atoms with Crippen LogP contribution in [-0.4, -0.2) is 54.0 Å². The monoisotopic (exact) mass is 350 g/mol. The first-order valence-corrected chi connectivity index (χ1v) is 8.74. The molecule has 3 aromatic rings. The summed E-state index contributed by atoms with van der Waals surface area (Å²) in [5.41, 5.74) is 2.72. The van der Waals surface area contributed by atoms with Gasteiger partial charge in [-0.25, -0.2) is 9.97 Å². The van der Waals surface area contributed by atoms with Crippen molar-refractivity contribution in [2.75, 3.05) is 37.0 Å². The Kier molecular flexibility index (Phi) is 4.30. The molecule has 0 spiro atoms. The summed E-state index contributed by atoms with van der Waals surface area (Å²) < 4.78 is 5.56.